The SMILES string of the molecule is COc1ccc(-c2cnsc2-c2cc(OC)c(OC)c(OC)c2)cc1NC(=O)[C@H](CCCN=C(N)N)NCl. The molecule has 0 aliphatic heterocycles. The van der Waals surface area contributed by atoms with Crippen LogP contribution in [0, 0.1) is 0 Å². The van der Waals surface area contributed by atoms with Crippen LogP contribution in [0.5, 0.6) is 23.0 Å². The Bertz CT molecular complexity index is 1260. The molecule has 3 rings (SSSR count). The van der Waals surface area contributed by atoms with Gasteiger partial charge in [-0.3, -0.25) is 9.79 Å². The van der Waals surface area contributed by atoms with E-state index in [0.29, 0.717) is 48.1 Å². The molecule has 0 aliphatic carbocycles. The molecule has 1 atom stereocenters. The van der Waals surface area contributed by atoms with Gasteiger partial charge in [0.2, 0.25) is 11.7 Å². The Morgan fingerprint density at radius 1 is 1.03 bits per heavy atom. The fraction of sp³-hybridized carbons (Fsp3) is 0.320. The maximum absolute atomic E-state index is 13.0. The van der Waals surface area contributed by atoms with Gasteiger partial charge in [0.15, 0.2) is 17.5 Å². The topological polar surface area (TPSA) is 155 Å². The molecule has 1 aromatic heterocycles. The predicted molar refractivity (Wildman–Crippen MR) is 151 cm³/mol. The van der Waals surface area contributed by atoms with Crippen LogP contribution >= 0.6 is 23.3 Å². The van der Waals surface area contributed by atoms with Crippen LogP contribution in [-0.2, 0) is 4.79 Å². The summed E-state index contributed by atoms with van der Waals surface area (Å²) in [5.74, 6) is 1.73. The number of anilines is 1. The lowest BCUT2D eigenvalue weighted by Gasteiger charge is -2.17. The summed E-state index contributed by atoms with van der Waals surface area (Å²) in [5, 5.41) is 2.91. The smallest absolute Gasteiger partial charge is 0.242 e. The highest BCUT2D eigenvalue weighted by Crippen LogP contribution is 2.45. The molecule has 0 bridgehead atoms. The van der Waals surface area contributed by atoms with E-state index in [-0.39, 0.29) is 11.9 Å². The Balaban J connectivity index is 1.92. The first-order valence-corrected chi connectivity index (χ1v) is 12.7. The normalized spacial score (nSPS) is 11.4. The number of halogens is 1. The molecule has 1 amide bonds. The Kier molecular flexibility index (Phi) is 10.4. The van der Waals surface area contributed by atoms with Crippen LogP contribution in [0.25, 0.3) is 21.6 Å². The van der Waals surface area contributed by atoms with Crippen LogP contribution < -0.4 is 40.6 Å². The molecule has 0 unspecified atom stereocenters. The number of hydrogen-bond acceptors (Lipinski definition) is 9. The molecule has 13 heteroatoms. The molecule has 2 aromatic carbocycles. The number of nitrogens with one attached hydrogen (secondary N) is 2. The first kappa shape index (κ1) is 28.8. The first-order chi connectivity index (χ1) is 18.4. The van der Waals surface area contributed by atoms with E-state index in [2.05, 4.69) is 19.5 Å². The second-order valence-electron chi connectivity index (χ2n) is 8.00. The summed E-state index contributed by atoms with van der Waals surface area (Å²) in [6.45, 7) is 0.387. The van der Waals surface area contributed by atoms with Gasteiger partial charge in [-0.05, 0) is 66.0 Å². The third-order valence-electron chi connectivity index (χ3n) is 5.66. The number of carbonyl (C=O) groups excluding carboxylic acids is 1. The lowest BCUT2D eigenvalue weighted by Crippen LogP contribution is -2.36. The average Bonchev–Trinajstić information content (AvgIpc) is 3.42. The number of methoxy groups -OCH3 is 4. The second-order valence-corrected chi connectivity index (χ2v) is 9.02. The third-order valence-corrected chi connectivity index (χ3v) is 6.77. The molecule has 0 fully saturated rings. The van der Waals surface area contributed by atoms with Gasteiger partial charge in [0.25, 0.3) is 0 Å². The summed E-state index contributed by atoms with van der Waals surface area (Å²) >= 11 is 7.18. The number of aliphatic imine (C=N–C) groups is 1. The van der Waals surface area contributed by atoms with Crippen molar-refractivity contribution in [2.24, 2.45) is 16.5 Å². The monoisotopic (exact) mass is 562 g/mol. The number of nitrogens with zero attached hydrogens (tertiary/aromatic N) is 2. The van der Waals surface area contributed by atoms with E-state index in [0.717, 1.165) is 21.6 Å². The van der Waals surface area contributed by atoms with E-state index >= 15 is 0 Å². The minimum Gasteiger partial charge on any atom is -0.495 e. The van der Waals surface area contributed by atoms with Crippen LogP contribution in [-0.4, -0.2) is 57.3 Å². The highest BCUT2D eigenvalue weighted by Gasteiger charge is 2.21. The average molecular weight is 563 g/mol. The number of hydrogen-bond donors (Lipinski definition) is 4. The number of carbonyl (C=O) groups is 1. The molecule has 6 N–H and O–H groups in total. The zero-order valence-corrected chi connectivity index (χ0v) is 23.1. The van der Waals surface area contributed by atoms with Gasteiger partial charge in [-0.2, -0.15) is 4.37 Å². The van der Waals surface area contributed by atoms with E-state index < -0.39 is 6.04 Å². The second kappa shape index (κ2) is 13.7. The highest BCUT2D eigenvalue weighted by atomic mass is 35.5. The van der Waals surface area contributed by atoms with Crippen molar-refractivity contribution in [3.63, 3.8) is 0 Å². The van der Waals surface area contributed by atoms with Crippen LogP contribution in [0.4, 0.5) is 5.69 Å². The minimum atomic E-state index is -0.670. The van der Waals surface area contributed by atoms with Crippen molar-refractivity contribution in [1.82, 2.24) is 9.21 Å². The molecular formula is C25H31ClN6O5S. The number of amides is 1. The number of nitrogens with two attached hydrogens (primary N) is 2. The molecule has 0 spiro atoms. The lowest BCUT2D eigenvalue weighted by molar-refractivity contribution is -0.117. The van der Waals surface area contributed by atoms with Crippen LogP contribution in [0.2, 0.25) is 0 Å². The van der Waals surface area contributed by atoms with Gasteiger partial charge in [0, 0.05) is 23.9 Å². The molecule has 3 aromatic rings. The van der Waals surface area contributed by atoms with E-state index in [1.165, 1.54) is 18.6 Å². The molecule has 38 heavy (non-hydrogen) atoms. The summed E-state index contributed by atoms with van der Waals surface area (Å²) in [6, 6.07) is 8.56. The summed E-state index contributed by atoms with van der Waals surface area (Å²) in [4.78, 5) is 20.3. The minimum absolute atomic E-state index is 0.000188. The molecule has 1 heterocycles. The molecule has 0 radical (unpaired) electrons. The van der Waals surface area contributed by atoms with Gasteiger partial charge < -0.3 is 35.7 Å². The number of rotatable bonds is 13. The zero-order chi connectivity index (χ0) is 27.7. The quantitative estimate of drug-likeness (QED) is 0.106. The van der Waals surface area contributed by atoms with E-state index in [1.807, 2.05) is 24.3 Å². The third kappa shape index (κ3) is 6.77. The summed E-state index contributed by atoms with van der Waals surface area (Å²) in [6.07, 6.45) is 2.75. The van der Waals surface area contributed by atoms with Crippen molar-refractivity contribution in [3.8, 4) is 44.6 Å². The van der Waals surface area contributed by atoms with Gasteiger partial charge in [-0.15, -0.1) is 0 Å². The molecule has 0 saturated carbocycles. The number of benzene rings is 2. The van der Waals surface area contributed by atoms with E-state index in [9.17, 15) is 4.79 Å². The number of aromatic nitrogens is 1. The molecule has 11 nitrogen and oxygen atoms in total. The predicted octanol–water partition coefficient (Wildman–Crippen LogP) is 3.62. The van der Waals surface area contributed by atoms with Gasteiger partial charge in [-0.1, -0.05) is 6.07 Å². The molecule has 0 saturated heterocycles. The summed E-state index contributed by atoms with van der Waals surface area (Å²) in [7, 11) is 6.22. The molecule has 204 valence electrons. The van der Waals surface area contributed by atoms with E-state index in [1.54, 1.807) is 33.6 Å². The Morgan fingerprint density at radius 2 is 1.71 bits per heavy atom. The van der Waals surface area contributed by atoms with Crippen LogP contribution in [0.1, 0.15) is 12.8 Å². The number of guanidine groups is 1. The standard InChI is InChI=1S/C25H31ClN6O5S/c1-34-19-8-7-14(10-18(19)31-24(33)17(32-26)6-5-9-29-25(27)28)16-13-30-38-23(16)15-11-20(35-2)22(37-4)21(12-15)36-3/h7-8,10-13,17,32H,5-6,9H2,1-4H3,(H,31,33)(H4,27,28,29)/t17-/m0/s1. The molecular weight excluding hydrogens is 532 g/mol. The van der Waals surface area contributed by atoms with Gasteiger partial charge in [0.1, 0.15) is 11.8 Å². The van der Waals surface area contributed by atoms with E-state index in [4.69, 9.17) is 42.2 Å². The van der Waals surface area contributed by atoms with Crippen LogP contribution in [0.15, 0.2) is 41.5 Å². The van der Waals surface area contributed by atoms with Crippen molar-refractivity contribution in [2.45, 2.75) is 18.9 Å². The zero-order valence-electron chi connectivity index (χ0n) is 21.5. The van der Waals surface area contributed by atoms with Crippen molar-refractivity contribution in [3.05, 3.63) is 36.5 Å². The fourth-order valence-electron chi connectivity index (χ4n) is 3.80. The number of ether oxygens (including phenoxy) is 4. The Hall–Kier alpha value is -3.74. The van der Waals surface area contributed by atoms with Gasteiger partial charge >= 0.3 is 0 Å². The summed E-state index contributed by atoms with van der Waals surface area (Å²) in [5.41, 5.74) is 13.7. The summed E-state index contributed by atoms with van der Waals surface area (Å²) < 4.78 is 26.4. The fourth-order valence-corrected chi connectivity index (χ4v) is 4.76. The van der Waals surface area contributed by atoms with Crippen molar-refractivity contribution >= 4 is 40.9 Å². The largest absolute Gasteiger partial charge is 0.495 e. The van der Waals surface area contributed by atoms with Crippen molar-refractivity contribution in [1.29, 1.82) is 0 Å². The Labute approximate surface area is 230 Å². The lowest BCUT2D eigenvalue weighted by atomic mass is 10.0. The Morgan fingerprint density at radius 3 is 2.29 bits per heavy atom. The maximum Gasteiger partial charge on any atom is 0.242 e. The van der Waals surface area contributed by atoms with Gasteiger partial charge in [-0.25, -0.2) is 4.84 Å². The van der Waals surface area contributed by atoms with Crippen molar-refractivity contribution < 1.29 is 23.7 Å². The van der Waals surface area contributed by atoms with Crippen molar-refractivity contribution in [2.75, 3.05) is 40.3 Å². The van der Waals surface area contributed by atoms with Gasteiger partial charge in [0.05, 0.1) is 39.0 Å². The van der Waals surface area contributed by atoms with Crippen LogP contribution in [0.3, 0.4) is 0 Å². The highest BCUT2D eigenvalue weighted by molar-refractivity contribution is 7.10. The maximum atomic E-state index is 13.0. The molecule has 0 aliphatic rings. The first-order valence-electron chi connectivity index (χ1n) is 11.5.